The highest BCUT2D eigenvalue weighted by molar-refractivity contribution is 4.87. The van der Waals surface area contributed by atoms with Crippen LogP contribution < -0.4 is 5.32 Å². The van der Waals surface area contributed by atoms with Crippen LogP contribution in [0.1, 0.15) is 53.4 Å². The van der Waals surface area contributed by atoms with E-state index in [9.17, 15) is 0 Å². The smallest absolute Gasteiger partial charge is 0.0637 e. The third-order valence-electron chi connectivity index (χ3n) is 4.42. The number of hydrogen-bond acceptors (Lipinski definition) is 2. The van der Waals surface area contributed by atoms with E-state index in [1.807, 2.05) is 7.11 Å². The van der Waals surface area contributed by atoms with Gasteiger partial charge in [-0.25, -0.2) is 0 Å². The van der Waals surface area contributed by atoms with E-state index in [1.54, 1.807) is 0 Å². The van der Waals surface area contributed by atoms with Crippen molar-refractivity contribution in [3.63, 3.8) is 0 Å². The highest BCUT2D eigenvalue weighted by Crippen LogP contribution is 2.36. The predicted octanol–water partition coefficient (Wildman–Crippen LogP) is 3.46. The maximum Gasteiger partial charge on any atom is 0.0637 e. The molecular weight excluding hydrogens is 210 g/mol. The topological polar surface area (TPSA) is 21.3 Å². The summed E-state index contributed by atoms with van der Waals surface area (Å²) in [6.45, 7) is 9.17. The second-order valence-corrected chi connectivity index (χ2v) is 6.74. The van der Waals surface area contributed by atoms with Crippen LogP contribution >= 0.6 is 0 Å². The number of nitrogens with one attached hydrogen (secondary N) is 1. The molecule has 0 bridgehead atoms. The van der Waals surface area contributed by atoms with E-state index in [4.69, 9.17) is 4.74 Å². The van der Waals surface area contributed by atoms with Gasteiger partial charge in [0.2, 0.25) is 0 Å². The van der Waals surface area contributed by atoms with Gasteiger partial charge in [0, 0.05) is 13.2 Å². The van der Waals surface area contributed by atoms with Crippen LogP contribution in [0.5, 0.6) is 0 Å². The molecule has 1 fully saturated rings. The number of ether oxygens (including phenoxy) is 1. The van der Waals surface area contributed by atoms with Crippen molar-refractivity contribution < 1.29 is 4.74 Å². The monoisotopic (exact) mass is 241 g/mol. The zero-order valence-electron chi connectivity index (χ0n) is 12.5. The molecule has 0 heterocycles. The molecule has 0 radical (unpaired) electrons. The molecule has 0 saturated heterocycles. The van der Waals surface area contributed by atoms with Gasteiger partial charge in [0.05, 0.1) is 5.60 Å². The Hall–Kier alpha value is -0.0800. The Balaban J connectivity index is 2.60. The van der Waals surface area contributed by atoms with Gasteiger partial charge in [0.25, 0.3) is 0 Å². The van der Waals surface area contributed by atoms with Crippen molar-refractivity contribution >= 4 is 0 Å². The predicted molar refractivity (Wildman–Crippen MR) is 74.2 cm³/mol. The Morgan fingerprint density at radius 2 is 1.71 bits per heavy atom. The summed E-state index contributed by atoms with van der Waals surface area (Å²) in [5.41, 5.74) is -0.0163. The van der Waals surface area contributed by atoms with Crippen LogP contribution in [0.4, 0.5) is 0 Å². The van der Waals surface area contributed by atoms with Crippen LogP contribution in [0.25, 0.3) is 0 Å². The average Bonchev–Trinajstić information content (AvgIpc) is 2.24. The molecule has 102 valence electrons. The highest BCUT2D eigenvalue weighted by atomic mass is 16.5. The summed E-state index contributed by atoms with van der Waals surface area (Å²) in [7, 11) is 3.92. The van der Waals surface area contributed by atoms with Gasteiger partial charge in [-0.05, 0) is 64.3 Å². The lowest BCUT2D eigenvalue weighted by Crippen LogP contribution is -2.43. The first-order valence-corrected chi connectivity index (χ1v) is 7.10. The minimum atomic E-state index is -0.0163. The minimum absolute atomic E-state index is 0.0163. The van der Waals surface area contributed by atoms with Crippen LogP contribution in [0.3, 0.4) is 0 Å². The van der Waals surface area contributed by atoms with Crippen molar-refractivity contribution in [2.45, 2.75) is 65.0 Å². The highest BCUT2D eigenvalue weighted by Gasteiger charge is 2.32. The lowest BCUT2D eigenvalue weighted by Gasteiger charge is -2.39. The van der Waals surface area contributed by atoms with Crippen LogP contribution in [0.15, 0.2) is 0 Å². The quantitative estimate of drug-likeness (QED) is 0.796. The van der Waals surface area contributed by atoms with Crippen molar-refractivity contribution in [2.75, 3.05) is 14.2 Å². The lowest BCUT2D eigenvalue weighted by molar-refractivity contribution is -0.00258. The zero-order chi connectivity index (χ0) is 13.1. The van der Waals surface area contributed by atoms with E-state index < -0.39 is 0 Å². The van der Waals surface area contributed by atoms with E-state index >= 15 is 0 Å². The van der Waals surface area contributed by atoms with Gasteiger partial charge in [-0.1, -0.05) is 13.8 Å². The molecule has 0 aromatic rings. The van der Waals surface area contributed by atoms with Crippen molar-refractivity contribution in [3.05, 3.63) is 0 Å². The molecule has 2 nitrogen and oxygen atoms in total. The molecule has 0 spiro atoms. The fraction of sp³-hybridized carbons (Fsp3) is 1.00. The first-order chi connectivity index (χ1) is 7.88. The average molecular weight is 241 g/mol. The fourth-order valence-corrected chi connectivity index (χ4v) is 3.46. The van der Waals surface area contributed by atoms with Gasteiger partial charge >= 0.3 is 0 Å². The summed E-state index contributed by atoms with van der Waals surface area (Å²) in [5, 5.41) is 3.52. The van der Waals surface area contributed by atoms with E-state index in [-0.39, 0.29) is 5.60 Å². The first-order valence-electron chi connectivity index (χ1n) is 7.10. The molecule has 0 aliphatic heterocycles. The lowest BCUT2D eigenvalue weighted by atomic mass is 9.72. The Bertz CT molecular complexity index is 217. The van der Waals surface area contributed by atoms with Gasteiger partial charge in [-0.15, -0.1) is 0 Å². The maximum absolute atomic E-state index is 5.57. The Kier molecular flexibility index (Phi) is 5.46. The molecule has 1 saturated carbocycles. The molecule has 0 aromatic heterocycles. The summed E-state index contributed by atoms with van der Waals surface area (Å²) in [4.78, 5) is 0. The summed E-state index contributed by atoms with van der Waals surface area (Å²) in [6, 6.07) is 0.593. The van der Waals surface area contributed by atoms with E-state index in [0.29, 0.717) is 6.04 Å². The molecule has 1 aliphatic carbocycles. The van der Waals surface area contributed by atoms with Gasteiger partial charge in [-0.3, -0.25) is 0 Å². The van der Waals surface area contributed by atoms with E-state index in [1.165, 1.54) is 19.3 Å². The summed E-state index contributed by atoms with van der Waals surface area (Å²) >= 11 is 0. The molecule has 1 aliphatic rings. The van der Waals surface area contributed by atoms with E-state index in [2.05, 4.69) is 40.1 Å². The first kappa shape index (κ1) is 15.0. The SMILES string of the molecule is CNC(CC(C)(C)OC)C1CC(C)CC(C)C1. The summed E-state index contributed by atoms with van der Waals surface area (Å²) in [5.74, 6) is 2.57. The van der Waals surface area contributed by atoms with Crippen molar-refractivity contribution in [1.82, 2.24) is 5.32 Å². The van der Waals surface area contributed by atoms with Crippen LogP contribution in [0.2, 0.25) is 0 Å². The molecule has 17 heavy (non-hydrogen) atoms. The zero-order valence-corrected chi connectivity index (χ0v) is 12.5. The van der Waals surface area contributed by atoms with Crippen LogP contribution in [-0.2, 0) is 4.74 Å². The van der Waals surface area contributed by atoms with Gasteiger partial charge in [-0.2, -0.15) is 0 Å². The van der Waals surface area contributed by atoms with Gasteiger partial charge < -0.3 is 10.1 Å². The van der Waals surface area contributed by atoms with Crippen molar-refractivity contribution in [1.29, 1.82) is 0 Å². The van der Waals surface area contributed by atoms with Crippen LogP contribution in [-0.4, -0.2) is 25.8 Å². The maximum atomic E-state index is 5.57. The Morgan fingerprint density at radius 3 is 2.12 bits per heavy atom. The fourth-order valence-electron chi connectivity index (χ4n) is 3.46. The molecule has 3 atom stereocenters. The molecule has 0 amide bonds. The number of methoxy groups -OCH3 is 1. The van der Waals surface area contributed by atoms with Crippen molar-refractivity contribution in [2.24, 2.45) is 17.8 Å². The molecule has 1 rings (SSSR count). The largest absolute Gasteiger partial charge is 0.379 e. The third-order valence-corrected chi connectivity index (χ3v) is 4.42. The number of hydrogen-bond donors (Lipinski definition) is 1. The van der Waals surface area contributed by atoms with Gasteiger partial charge in [0.1, 0.15) is 0 Å². The minimum Gasteiger partial charge on any atom is -0.379 e. The van der Waals surface area contributed by atoms with Gasteiger partial charge in [0.15, 0.2) is 0 Å². The van der Waals surface area contributed by atoms with E-state index in [0.717, 1.165) is 24.2 Å². The molecule has 0 aromatic carbocycles. The number of rotatable bonds is 5. The Labute approximate surface area is 108 Å². The molecular formula is C15H31NO. The summed E-state index contributed by atoms with van der Waals surface area (Å²) < 4.78 is 5.57. The Morgan fingerprint density at radius 1 is 1.18 bits per heavy atom. The summed E-state index contributed by atoms with van der Waals surface area (Å²) in [6.07, 6.45) is 5.25. The second-order valence-electron chi connectivity index (χ2n) is 6.74. The van der Waals surface area contributed by atoms with Crippen molar-refractivity contribution in [3.8, 4) is 0 Å². The molecule has 1 N–H and O–H groups in total. The standard InChI is InChI=1S/C15H31NO/c1-11-7-12(2)9-13(8-11)14(16-5)10-15(3,4)17-6/h11-14,16H,7-10H2,1-6H3. The third kappa shape index (κ3) is 4.59. The normalized spacial score (nSPS) is 32.5. The second kappa shape index (κ2) is 6.19. The molecule has 3 unspecified atom stereocenters. The van der Waals surface area contributed by atoms with Crippen LogP contribution in [0, 0.1) is 17.8 Å². The molecule has 2 heteroatoms.